The molecule has 1 atom stereocenters. The molecule has 13 heavy (non-hydrogen) atoms. The van der Waals surface area contributed by atoms with Crippen molar-refractivity contribution in [3.63, 3.8) is 0 Å². The van der Waals surface area contributed by atoms with Crippen LogP contribution in [0.1, 0.15) is 40.5 Å². The summed E-state index contributed by atoms with van der Waals surface area (Å²) in [5.74, 6) is -0.198. The molecule has 0 heterocycles. The summed E-state index contributed by atoms with van der Waals surface area (Å²) in [7, 11) is 0. The molecule has 0 aliphatic rings. The van der Waals surface area contributed by atoms with E-state index in [1.165, 1.54) is 0 Å². The molecule has 2 N–H and O–H groups in total. The quantitative estimate of drug-likeness (QED) is 0.666. The zero-order valence-corrected chi connectivity index (χ0v) is 9.09. The van der Waals surface area contributed by atoms with Crippen LogP contribution in [-0.4, -0.2) is 18.6 Å². The van der Waals surface area contributed by atoms with Crippen LogP contribution in [0.2, 0.25) is 0 Å². The summed E-state index contributed by atoms with van der Waals surface area (Å²) in [6.07, 6.45) is 1.28. The fourth-order valence-corrected chi connectivity index (χ4v) is 0.938. The first-order valence-corrected chi connectivity index (χ1v) is 4.85. The minimum Gasteiger partial charge on any atom is -0.466 e. The average Bonchev–Trinajstić information content (AvgIpc) is 2.04. The minimum atomic E-state index is -0.198. The summed E-state index contributed by atoms with van der Waals surface area (Å²) in [4.78, 5) is 11.1. The number of ether oxygens (including phenoxy) is 1. The van der Waals surface area contributed by atoms with Crippen LogP contribution < -0.4 is 5.73 Å². The molecule has 0 radical (unpaired) electrons. The number of esters is 1. The zero-order chi connectivity index (χ0) is 10.5. The molecule has 0 aliphatic heterocycles. The Morgan fingerprint density at radius 2 is 2.00 bits per heavy atom. The van der Waals surface area contributed by atoms with E-state index in [0.29, 0.717) is 13.0 Å². The topological polar surface area (TPSA) is 52.3 Å². The van der Waals surface area contributed by atoms with E-state index in [4.69, 9.17) is 10.5 Å². The molecular formula is C10H21NO2. The van der Waals surface area contributed by atoms with Crippen molar-refractivity contribution in [3.8, 4) is 0 Å². The van der Waals surface area contributed by atoms with Crippen molar-refractivity contribution in [1.29, 1.82) is 0 Å². The van der Waals surface area contributed by atoms with Crippen LogP contribution in [-0.2, 0) is 9.53 Å². The van der Waals surface area contributed by atoms with Gasteiger partial charge in [0.15, 0.2) is 0 Å². The van der Waals surface area contributed by atoms with Gasteiger partial charge in [-0.3, -0.25) is 4.79 Å². The SMILES string of the molecule is CCOC(=O)CC(N)C(C)(C)CC. The van der Waals surface area contributed by atoms with Crippen molar-refractivity contribution in [2.45, 2.75) is 46.6 Å². The molecule has 0 aromatic heterocycles. The number of hydrogen-bond donors (Lipinski definition) is 1. The molecule has 78 valence electrons. The van der Waals surface area contributed by atoms with Gasteiger partial charge in [-0.2, -0.15) is 0 Å². The molecule has 3 nitrogen and oxygen atoms in total. The zero-order valence-electron chi connectivity index (χ0n) is 9.09. The molecule has 0 amide bonds. The van der Waals surface area contributed by atoms with Gasteiger partial charge in [0.05, 0.1) is 13.0 Å². The first kappa shape index (κ1) is 12.4. The van der Waals surface area contributed by atoms with Crippen molar-refractivity contribution in [2.75, 3.05) is 6.61 Å². The maximum absolute atomic E-state index is 11.1. The molecule has 0 aromatic carbocycles. The van der Waals surface area contributed by atoms with Gasteiger partial charge in [-0.15, -0.1) is 0 Å². The van der Waals surface area contributed by atoms with Gasteiger partial charge < -0.3 is 10.5 Å². The molecule has 1 unspecified atom stereocenters. The predicted octanol–water partition coefficient (Wildman–Crippen LogP) is 1.70. The molecule has 0 rings (SSSR count). The highest BCUT2D eigenvalue weighted by atomic mass is 16.5. The Labute approximate surface area is 80.6 Å². The number of carbonyl (C=O) groups excluding carboxylic acids is 1. The molecule has 0 saturated heterocycles. The van der Waals surface area contributed by atoms with Crippen LogP contribution in [0.3, 0.4) is 0 Å². The smallest absolute Gasteiger partial charge is 0.307 e. The third-order valence-electron chi connectivity index (χ3n) is 2.61. The highest BCUT2D eigenvalue weighted by molar-refractivity contribution is 5.70. The minimum absolute atomic E-state index is 0.00671. The van der Waals surface area contributed by atoms with Crippen LogP contribution in [0.15, 0.2) is 0 Å². The molecule has 0 fully saturated rings. The summed E-state index contributed by atoms with van der Waals surface area (Å²) in [5.41, 5.74) is 5.90. The van der Waals surface area contributed by atoms with Gasteiger partial charge in [-0.05, 0) is 18.8 Å². The lowest BCUT2D eigenvalue weighted by atomic mass is 9.81. The first-order valence-electron chi connectivity index (χ1n) is 4.85. The second-order valence-electron chi connectivity index (χ2n) is 3.96. The van der Waals surface area contributed by atoms with Gasteiger partial charge in [0.25, 0.3) is 0 Å². The van der Waals surface area contributed by atoms with E-state index < -0.39 is 0 Å². The Bertz CT molecular complexity index is 166. The number of rotatable bonds is 5. The largest absolute Gasteiger partial charge is 0.466 e. The monoisotopic (exact) mass is 187 g/mol. The summed E-state index contributed by atoms with van der Waals surface area (Å²) in [6.45, 7) is 8.44. The molecule has 0 saturated carbocycles. The Kier molecular flexibility index (Phi) is 4.99. The highest BCUT2D eigenvalue weighted by Gasteiger charge is 2.26. The number of hydrogen-bond acceptors (Lipinski definition) is 3. The number of carbonyl (C=O) groups is 1. The normalized spacial score (nSPS) is 13.9. The number of nitrogens with two attached hydrogens (primary N) is 1. The Morgan fingerprint density at radius 3 is 2.38 bits per heavy atom. The molecule has 0 spiro atoms. The van der Waals surface area contributed by atoms with Crippen molar-refractivity contribution in [3.05, 3.63) is 0 Å². The first-order chi connectivity index (χ1) is 5.94. The van der Waals surface area contributed by atoms with Crippen LogP contribution in [0.4, 0.5) is 0 Å². The lowest BCUT2D eigenvalue weighted by Crippen LogP contribution is -2.39. The van der Waals surface area contributed by atoms with E-state index in [1.807, 2.05) is 0 Å². The molecule has 0 bridgehead atoms. The predicted molar refractivity (Wildman–Crippen MR) is 53.3 cm³/mol. The van der Waals surface area contributed by atoms with Gasteiger partial charge in [0, 0.05) is 6.04 Å². The van der Waals surface area contributed by atoms with Crippen molar-refractivity contribution in [1.82, 2.24) is 0 Å². The summed E-state index contributed by atoms with van der Waals surface area (Å²) in [5, 5.41) is 0. The standard InChI is InChI=1S/C10H21NO2/c1-5-10(3,4)8(11)7-9(12)13-6-2/h8H,5-7,11H2,1-4H3. The highest BCUT2D eigenvalue weighted by Crippen LogP contribution is 2.25. The lowest BCUT2D eigenvalue weighted by Gasteiger charge is -2.29. The summed E-state index contributed by atoms with van der Waals surface area (Å²) < 4.78 is 4.83. The molecule has 0 aromatic rings. The van der Waals surface area contributed by atoms with Crippen LogP contribution in [0, 0.1) is 5.41 Å². The van der Waals surface area contributed by atoms with E-state index >= 15 is 0 Å². The Morgan fingerprint density at radius 1 is 1.46 bits per heavy atom. The van der Waals surface area contributed by atoms with E-state index in [1.54, 1.807) is 6.92 Å². The Balaban J connectivity index is 3.99. The second-order valence-corrected chi connectivity index (χ2v) is 3.96. The van der Waals surface area contributed by atoms with E-state index in [9.17, 15) is 4.79 Å². The second kappa shape index (κ2) is 5.22. The van der Waals surface area contributed by atoms with Gasteiger partial charge in [0.2, 0.25) is 0 Å². The average molecular weight is 187 g/mol. The van der Waals surface area contributed by atoms with E-state index in [2.05, 4.69) is 20.8 Å². The van der Waals surface area contributed by atoms with Crippen molar-refractivity contribution in [2.24, 2.45) is 11.1 Å². The van der Waals surface area contributed by atoms with Crippen molar-refractivity contribution < 1.29 is 9.53 Å². The van der Waals surface area contributed by atoms with Gasteiger partial charge in [-0.1, -0.05) is 20.8 Å². The molecular weight excluding hydrogens is 166 g/mol. The third kappa shape index (κ3) is 4.27. The fraction of sp³-hybridized carbons (Fsp3) is 0.900. The van der Waals surface area contributed by atoms with Crippen LogP contribution >= 0.6 is 0 Å². The maximum Gasteiger partial charge on any atom is 0.307 e. The Hall–Kier alpha value is -0.570. The van der Waals surface area contributed by atoms with E-state index in [-0.39, 0.29) is 17.4 Å². The van der Waals surface area contributed by atoms with Crippen LogP contribution in [0.25, 0.3) is 0 Å². The summed E-state index contributed by atoms with van der Waals surface area (Å²) in [6, 6.07) is -0.114. The maximum atomic E-state index is 11.1. The third-order valence-corrected chi connectivity index (χ3v) is 2.61. The van der Waals surface area contributed by atoms with Crippen molar-refractivity contribution >= 4 is 5.97 Å². The van der Waals surface area contributed by atoms with Gasteiger partial charge >= 0.3 is 5.97 Å². The van der Waals surface area contributed by atoms with E-state index in [0.717, 1.165) is 6.42 Å². The van der Waals surface area contributed by atoms with Gasteiger partial charge in [-0.25, -0.2) is 0 Å². The van der Waals surface area contributed by atoms with Gasteiger partial charge in [0.1, 0.15) is 0 Å². The lowest BCUT2D eigenvalue weighted by molar-refractivity contribution is -0.144. The van der Waals surface area contributed by atoms with Crippen LogP contribution in [0.5, 0.6) is 0 Å². The fourth-order valence-electron chi connectivity index (χ4n) is 0.938. The summed E-state index contributed by atoms with van der Waals surface area (Å²) >= 11 is 0. The molecule has 0 aliphatic carbocycles. The molecule has 3 heteroatoms.